The number of carbonyl (C=O) groups excluding carboxylic acids is 1. The third-order valence-corrected chi connectivity index (χ3v) is 4.77. The number of aryl methyl sites for hydroxylation is 1. The number of hydrogen-bond donors (Lipinski definition) is 0. The van der Waals surface area contributed by atoms with Crippen LogP contribution in [-0.2, 0) is 6.54 Å². The number of carbonyl (C=O) groups is 1. The van der Waals surface area contributed by atoms with Gasteiger partial charge >= 0.3 is 0 Å². The molecule has 0 N–H and O–H groups in total. The Kier molecular flexibility index (Phi) is 2.46. The maximum Gasteiger partial charge on any atom is 0.182 e. The van der Waals surface area contributed by atoms with Crippen LogP contribution in [0.2, 0.25) is 10.0 Å². The van der Waals surface area contributed by atoms with Crippen LogP contribution < -0.4 is 0 Å². The zero-order valence-corrected chi connectivity index (χ0v) is 11.7. The number of halogens is 3. The molecule has 1 aliphatic heterocycles. The molecule has 0 radical (unpaired) electrons. The molecule has 0 fully saturated rings. The first-order valence-corrected chi connectivity index (χ1v) is 6.63. The molecule has 0 aliphatic carbocycles. The molecule has 0 atom stereocenters. The summed E-state index contributed by atoms with van der Waals surface area (Å²) in [6.07, 6.45) is 0.560. The van der Waals surface area contributed by atoms with Gasteiger partial charge in [-0.05, 0) is 28.7 Å². The maximum atomic E-state index is 11.8. The lowest BCUT2D eigenvalue weighted by Crippen LogP contribution is -1.94. The van der Waals surface area contributed by atoms with Gasteiger partial charge in [0.05, 0.1) is 21.3 Å². The average molecular weight is 366 g/mol. The molecule has 0 saturated heterocycles. The van der Waals surface area contributed by atoms with E-state index in [1.807, 2.05) is 10.6 Å². The topological polar surface area (TPSA) is 22.0 Å². The number of ketones is 1. The third-order valence-electron chi connectivity index (χ3n) is 2.88. The number of fused-ring (bicyclic) bond motifs is 3. The number of rotatable bonds is 0. The van der Waals surface area contributed by atoms with Crippen molar-refractivity contribution in [3.63, 3.8) is 0 Å². The summed E-state index contributed by atoms with van der Waals surface area (Å²) >= 11 is 14.4. The predicted octanol–water partition coefficient (Wildman–Crippen LogP) is 4.14. The molecule has 82 valence electrons. The minimum absolute atomic E-state index is 0.188. The molecule has 0 bridgehead atoms. The van der Waals surface area contributed by atoms with Gasteiger partial charge in [0, 0.05) is 21.9 Å². The second kappa shape index (κ2) is 3.62. The quantitative estimate of drug-likeness (QED) is 0.643. The fourth-order valence-corrected chi connectivity index (χ4v) is 3.61. The first kappa shape index (κ1) is 10.9. The summed E-state index contributed by atoms with van der Waals surface area (Å²) in [4.78, 5) is 11.8. The van der Waals surface area contributed by atoms with Crippen LogP contribution in [0.1, 0.15) is 16.9 Å². The highest BCUT2D eigenvalue weighted by Gasteiger charge is 2.28. The second-order valence-corrected chi connectivity index (χ2v) is 5.61. The van der Waals surface area contributed by atoms with Crippen LogP contribution in [0.5, 0.6) is 0 Å². The Bertz CT molecular complexity index is 633. The lowest BCUT2D eigenvalue weighted by Gasteiger charge is -2.02. The van der Waals surface area contributed by atoms with Crippen molar-refractivity contribution >= 4 is 62.5 Å². The normalized spacial score (nSPS) is 14.8. The smallest absolute Gasteiger partial charge is 0.182 e. The lowest BCUT2D eigenvalue weighted by atomic mass is 10.2. The number of aromatic nitrogens is 1. The first-order valence-electron chi connectivity index (χ1n) is 4.80. The molecule has 1 aromatic carbocycles. The van der Waals surface area contributed by atoms with Gasteiger partial charge in [0.1, 0.15) is 0 Å². The van der Waals surface area contributed by atoms with Crippen LogP contribution in [0.4, 0.5) is 0 Å². The summed E-state index contributed by atoms with van der Waals surface area (Å²) in [5.41, 5.74) is 1.67. The van der Waals surface area contributed by atoms with Crippen molar-refractivity contribution in [3.05, 3.63) is 31.4 Å². The molecule has 0 unspecified atom stereocenters. The van der Waals surface area contributed by atoms with Crippen LogP contribution in [0.3, 0.4) is 0 Å². The summed E-state index contributed by atoms with van der Waals surface area (Å²) in [7, 11) is 0. The summed E-state index contributed by atoms with van der Waals surface area (Å²) < 4.78 is 2.96. The third kappa shape index (κ3) is 1.28. The Labute approximate surface area is 116 Å². The molecule has 3 rings (SSSR count). The monoisotopic (exact) mass is 365 g/mol. The molecule has 2 heterocycles. The van der Waals surface area contributed by atoms with Crippen molar-refractivity contribution in [3.8, 4) is 0 Å². The van der Waals surface area contributed by atoms with Crippen LogP contribution in [0, 0.1) is 3.57 Å². The van der Waals surface area contributed by atoms with Crippen molar-refractivity contribution in [2.45, 2.75) is 13.0 Å². The van der Waals surface area contributed by atoms with Crippen LogP contribution >= 0.6 is 45.8 Å². The Morgan fingerprint density at radius 2 is 2.06 bits per heavy atom. The highest BCUT2D eigenvalue weighted by molar-refractivity contribution is 14.1. The van der Waals surface area contributed by atoms with E-state index in [0.29, 0.717) is 23.0 Å². The van der Waals surface area contributed by atoms with Gasteiger partial charge in [-0.2, -0.15) is 0 Å². The van der Waals surface area contributed by atoms with E-state index in [0.717, 1.165) is 20.2 Å². The Morgan fingerprint density at radius 1 is 1.31 bits per heavy atom. The van der Waals surface area contributed by atoms with Crippen molar-refractivity contribution in [2.24, 2.45) is 0 Å². The molecular weight excluding hydrogens is 360 g/mol. The SMILES string of the molecule is O=C1CCn2c1c(I)c1ccc(Cl)c(Cl)c12. The Balaban J connectivity index is 2.53. The molecular formula is C11H6Cl2INO. The van der Waals surface area contributed by atoms with Gasteiger partial charge in [-0.3, -0.25) is 4.79 Å². The largest absolute Gasteiger partial charge is 0.335 e. The van der Waals surface area contributed by atoms with Crippen molar-refractivity contribution in [2.75, 3.05) is 0 Å². The van der Waals surface area contributed by atoms with Crippen molar-refractivity contribution in [1.29, 1.82) is 0 Å². The zero-order valence-electron chi connectivity index (χ0n) is 8.06. The lowest BCUT2D eigenvalue weighted by molar-refractivity contribution is 0.0994. The van der Waals surface area contributed by atoms with Gasteiger partial charge in [0.15, 0.2) is 5.78 Å². The summed E-state index contributed by atoms with van der Waals surface area (Å²) in [5, 5.41) is 2.08. The molecule has 0 spiro atoms. The van der Waals surface area contributed by atoms with E-state index >= 15 is 0 Å². The minimum atomic E-state index is 0.188. The van der Waals surface area contributed by atoms with Crippen molar-refractivity contribution < 1.29 is 4.79 Å². The number of nitrogens with zero attached hydrogens (tertiary/aromatic N) is 1. The minimum Gasteiger partial charge on any atom is -0.335 e. The first-order chi connectivity index (χ1) is 7.61. The van der Waals surface area contributed by atoms with Crippen LogP contribution in [0.25, 0.3) is 10.9 Å². The number of Topliss-reactive ketones (excluding diaryl/α,β-unsaturated/α-hetero) is 1. The van der Waals surface area contributed by atoms with E-state index in [9.17, 15) is 4.79 Å². The Morgan fingerprint density at radius 3 is 2.81 bits per heavy atom. The molecule has 1 aromatic heterocycles. The number of benzene rings is 1. The standard InChI is InChI=1S/C11H6Cl2INO/c12-6-2-1-5-9(14)11-7(16)3-4-15(11)10(5)8(6)13/h1-2H,3-4H2. The van der Waals surface area contributed by atoms with Crippen LogP contribution in [-0.4, -0.2) is 10.4 Å². The van der Waals surface area contributed by atoms with Gasteiger partial charge in [-0.25, -0.2) is 0 Å². The van der Waals surface area contributed by atoms with E-state index in [-0.39, 0.29) is 5.78 Å². The van der Waals surface area contributed by atoms with Gasteiger partial charge in [-0.1, -0.05) is 29.3 Å². The van der Waals surface area contributed by atoms with E-state index < -0.39 is 0 Å². The average Bonchev–Trinajstić information content (AvgIpc) is 2.75. The molecule has 0 amide bonds. The van der Waals surface area contributed by atoms with E-state index in [4.69, 9.17) is 23.2 Å². The molecule has 16 heavy (non-hydrogen) atoms. The summed E-state index contributed by atoms with van der Waals surface area (Å²) in [6, 6.07) is 3.69. The predicted molar refractivity (Wildman–Crippen MR) is 73.6 cm³/mol. The molecule has 5 heteroatoms. The number of hydrogen-bond acceptors (Lipinski definition) is 1. The zero-order chi connectivity index (χ0) is 11.4. The van der Waals surface area contributed by atoms with E-state index in [1.165, 1.54) is 0 Å². The van der Waals surface area contributed by atoms with Crippen LogP contribution in [0.15, 0.2) is 12.1 Å². The summed E-state index contributed by atoms with van der Waals surface area (Å²) in [6.45, 7) is 0.702. The van der Waals surface area contributed by atoms with E-state index in [2.05, 4.69) is 22.6 Å². The van der Waals surface area contributed by atoms with Gasteiger partial charge in [-0.15, -0.1) is 0 Å². The Hall–Kier alpha value is -0.260. The van der Waals surface area contributed by atoms with Crippen molar-refractivity contribution in [1.82, 2.24) is 4.57 Å². The fraction of sp³-hybridized carbons (Fsp3) is 0.182. The molecule has 0 saturated carbocycles. The van der Waals surface area contributed by atoms with Gasteiger partial charge in [0.2, 0.25) is 0 Å². The highest BCUT2D eigenvalue weighted by Crippen LogP contribution is 2.38. The van der Waals surface area contributed by atoms with Gasteiger partial charge in [0.25, 0.3) is 0 Å². The molecule has 2 nitrogen and oxygen atoms in total. The fourth-order valence-electron chi connectivity index (χ4n) is 2.17. The molecule has 1 aliphatic rings. The van der Waals surface area contributed by atoms with E-state index in [1.54, 1.807) is 6.07 Å². The molecule has 2 aromatic rings. The second-order valence-electron chi connectivity index (χ2n) is 3.74. The highest BCUT2D eigenvalue weighted by atomic mass is 127. The maximum absolute atomic E-state index is 11.8. The summed E-state index contributed by atoms with van der Waals surface area (Å²) in [5.74, 6) is 0.188. The van der Waals surface area contributed by atoms with Gasteiger partial charge < -0.3 is 4.57 Å².